The van der Waals surface area contributed by atoms with Crippen LogP contribution in [0, 0.1) is 0 Å². The average Bonchev–Trinajstić information content (AvgIpc) is 3.28. The molecule has 0 aliphatic heterocycles. The molecule has 0 aliphatic carbocycles. The Balaban J connectivity index is 4.47. The molecule has 0 fully saturated rings. The summed E-state index contributed by atoms with van der Waals surface area (Å²) in [7, 11) is 0. The molecule has 0 aromatic heterocycles. The maximum atomic E-state index is 12.8. The fourth-order valence-electron chi connectivity index (χ4n) is 6.73. The van der Waals surface area contributed by atoms with Gasteiger partial charge in [0.15, 0.2) is 6.10 Å². The average molecular weight is 875 g/mol. The minimum absolute atomic E-state index is 0.0995. The van der Waals surface area contributed by atoms with Crippen LogP contribution in [0.2, 0.25) is 0 Å². The van der Waals surface area contributed by atoms with Crippen LogP contribution in [-0.4, -0.2) is 37.2 Å². The van der Waals surface area contributed by atoms with E-state index in [2.05, 4.69) is 118 Å². The van der Waals surface area contributed by atoms with Crippen molar-refractivity contribution in [3.05, 3.63) is 97.2 Å². The van der Waals surface area contributed by atoms with Gasteiger partial charge in [0.25, 0.3) is 0 Å². The van der Waals surface area contributed by atoms with Crippen molar-refractivity contribution in [2.24, 2.45) is 0 Å². The second-order valence-electron chi connectivity index (χ2n) is 16.7. The second kappa shape index (κ2) is 51.0. The van der Waals surface area contributed by atoms with E-state index < -0.39 is 6.10 Å². The largest absolute Gasteiger partial charge is 0.462 e. The van der Waals surface area contributed by atoms with E-state index in [0.29, 0.717) is 19.3 Å². The van der Waals surface area contributed by atoms with E-state index in [1.54, 1.807) is 0 Å². The van der Waals surface area contributed by atoms with Crippen molar-refractivity contribution in [3.8, 4) is 0 Å². The first-order valence-electron chi connectivity index (χ1n) is 25.7. The third-order valence-corrected chi connectivity index (χ3v) is 10.6. The molecule has 0 spiro atoms. The first-order chi connectivity index (χ1) is 31.0. The summed E-state index contributed by atoms with van der Waals surface area (Å²) in [4.78, 5) is 38.0. The number of carbonyl (C=O) groups is 3. The second-order valence-corrected chi connectivity index (χ2v) is 16.7. The lowest BCUT2D eigenvalue weighted by Crippen LogP contribution is -2.30. The molecule has 0 aliphatic rings. The highest BCUT2D eigenvalue weighted by molar-refractivity contribution is 5.71. The first-order valence-corrected chi connectivity index (χ1v) is 25.7. The lowest BCUT2D eigenvalue weighted by Gasteiger charge is -2.18. The summed E-state index contributed by atoms with van der Waals surface area (Å²) < 4.78 is 16.8. The minimum atomic E-state index is -0.802. The SMILES string of the molecule is CC/C=C\C/C=C\C/C=C\CCCCCCC(=O)OCC(COC(=O)CCCCCCCCC/C=C\C/C=C\CCCCC)OC(=O)CCCCCC/C=C\C/C=C\C/C=C\CC. The summed E-state index contributed by atoms with van der Waals surface area (Å²) in [5, 5.41) is 0. The molecule has 0 radical (unpaired) electrons. The minimum Gasteiger partial charge on any atom is -0.462 e. The van der Waals surface area contributed by atoms with Crippen LogP contribution in [0.4, 0.5) is 0 Å². The standard InChI is InChI=1S/C57H94O6/c1-4-7-10-13-16-19-22-25-28-29-30-33-35-38-41-44-47-50-56(59)62-53-54(63-57(60)51-48-45-42-39-36-32-27-24-21-18-15-12-9-6-3)52-61-55(58)49-46-43-40-37-34-31-26-23-20-17-14-11-8-5-2/h8-9,11-12,16-21,25-28,31-32,54H,4-7,10,13-15,22-24,29-30,33-53H2,1-3H3/b11-8-,12-9-,19-16-,20-17-,21-18-,28-25-,31-26-,32-27-. The van der Waals surface area contributed by atoms with Gasteiger partial charge in [0, 0.05) is 19.3 Å². The normalized spacial score (nSPS) is 12.9. The molecule has 0 saturated heterocycles. The van der Waals surface area contributed by atoms with Crippen LogP contribution < -0.4 is 0 Å². The van der Waals surface area contributed by atoms with E-state index in [9.17, 15) is 14.4 Å². The van der Waals surface area contributed by atoms with Crippen LogP contribution in [-0.2, 0) is 28.6 Å². The van der Waals surface area contributed by atoms with Crippen LogP contribution in [0.3, 0.4) is 0 Å². The zero-order valence-corrected chi connectivity index (χ0v) is 40.8. The Labute approximate surface area is 387 Å². The summed E-state index contributed by atoms with van der Waals surface area (Å²) in [6.07, 6.45) is 66.7. The van der Waals surface area contributed by atoms with Crippen molar-refractivity contribution in [2.75, 3.05) is 13.2 Å². The lowest BCUT2D eigenvalue weighted by atomic mass is 10.1. The number of carbonyl (C=O) groups excluding carboxylic acids is 3. The van der Waals surface area contributed by atoms with E-state index in [-0.39, 0.29) is 31.1 Å². The third kappa shape index (κ3) is 49.2. The Bertz CT molecular complexity index is 1280. The number of rotatable bonds is 45. The van der Waals surface area contributed by atoms with Gasteiger partial charge in [0.05, 0.1) is 0 Å². The zero-order valence-electron chi connectivity index (χ0n) is 40.8. The summed E-state index contributed by atoms with van der Waals surface area (Å²) in [5.74, 6) is -0.956. The summed E-state index contributed by atoms with van der Waals surface area (Å²) in [5.41, 5.74) is 0. The van der Waals surface area contributed by atoms with Gasteiger partial charge in [-0.2, -0.15) is 0 Å². The summed E-state index contributed by atoms with van der Waals surface area (Å²) in [6, 6.07) is 0. The highest BCUT2D eigenvalue weighted by atomic mass is 16.6. The molecular weight excluding hydrogens is 781 g/mol. The molecule has 0 heterocycles. The topological polar surface area (TPSA) is 78.9 Å². The number of allylic oxidation sites excluding steroid dienone is 16. The Morgan fingerprint density at radius 1 is 0.333 bits per heavy atom. The Kier molecular flexibility index (Phi) is 48.0. The summed E-state index contributed by atoms with van der Waals surface area (Å²) in [6.45, 7) is 6.33. The van der Waals surface area contributed by atoms with E-state index >= 15 is 0 Å². The molecular formula is C57H94O6. The maximum absolute atomic E-state index is 12.8. The van der Waals surface area contributed by atoms with Crippen LogP contribution in [0.25, 0.3) is 0 Å². The molecule has 0 saturated carbocycles. The van der Waals surface area contributed by atoms with Gasteiger partial charge < -0.3 is 14.2 Å². The van der Waals surface area contributed by atoms with Gasteiger partial charge in [-0.1, -0.05) is 189 Å². The van der Waals surface area contributed by atoms with Gasteiger partial charge in [-0.3, -0.25) is 14.4 Å². The Morgan fingerprint density at radius 2 is 0.619 bits per heavy atom. The highest BCUT2D eigenvalue weighted by Gasteiger charge is 2.19. The van der Waals surface area contributed by atoms with E-state index in [1.165, 1.54) is 51.4 Å². The molecule has 358 valence electrons. The van der Waals surface area contributed by atoms with Gasteiger partial charge >= 0.3 is 17.9 Å². The number of hydrogen-bond acceptors (Lipinski definition) is 6. The lowest BCUT2D eigenvalue weighted by molar-refractivity contribution is -0.167. The van der Waals surface area contributed by atoms with Gasteiger partial charge in [-0.05, 0) is 116 Å². The molecule has 63 heavy (non-hydrogen) atoms. The van der Waals surface area contributed by atoms with Gasteiger partial charge in [0.1, 0.15) is 13.2 Å². The quantitative estimate of drug-likeness (QED) is 0.0262. The first kappa shape index (κ1) is 59.3. The maximum Gasteiger partial charge on any atom is 0.306 e. The molecule has 6 heteroatoms. The third-order valence-electron chi connectivity index (χ3n) is 10.6. The molecule has 0 aromatic carbocycles. The predicted molar refractivity (Wildman–Crippen MR) is 270 cm³/mol. The van der Waals surface area contributed by atoms with Crippen molar-refractivity contribution < 1.29 is 28.6 Å². The molecule has 6 nitrogen and oxygen atoms in total. The smallest absolute Gasteiger partial charge is 0.306 e. The molecule has 0 N–H and O–H groups in total. The number of hydrogen-bond donors (Lipinski definition) is 0. The van der Waals surface area contributed by atoms with Gasteiger partial charge in [0.2, 0.25) is 0 Å². The molecule has 0 aromatic rings. The number of unbranched alkanes of at least 4 members (excludes halogenated alkanes) is 18. The van der Waals surface area contributed by atoms with E-state index in [1.807, 2.05) is 0 Å². The monoisotopic (exact) mass is 875 g/mol. The van der Waals surface area contributed by atoms with Crippen LogP contribution >= 0.6 is 0 Å². The predicted octanol–water partition coefficient (Wildman–Crippen LogP) is 17.0. The number of ether oxygens (including phenoxy) is 3. The molecule has 0 bridgehead atoms. The molecule has 0 amide bonds. The van der Waals surface area contributed by atoms with Crippen molar-refractivity contribution in [1.82, 2.24) is 0 Å². The van der Waals surface area contributed by atoms with Crippen molar-refractivity contribution in [3.63, 3.8) is 0 Å². The Morgan fingerprint density at radius 3 is 0.968 bits per heavy atom. The van der Waals surface area contributed by atoms with Gasteiger partial charge in [-0.25, -0.2) is 0 Å². The van der Waals surface area contributed by atoms with E-state index in [4.69, 9.17) is 14.2 Å². The van der Waals surface area contributed by atoms with Crippen LogP contribution in [0.15, 0.2) is 97.2 Å². The van der Waals surface area contributed by atoms with E-state index in [0.717, 1.165) is 135 Å². The Hall–Kier alpha value is -3.67. The molecule has 1 atom stereocenters. The zero-order chi connectivity index (χ0) is 45.8. The number of esters is 3. The van der Waals surface area contributed by atoms with Crippen molar-refractivity contribution in [1.29, 1.82) is 0 Å². The summed E-state index contributed by atoms with van der Waals surface area (Å²) >= 11 is 0. The fourth-order valence-corrected chi connectivity index (χ4v) is 6.73. The van der Waals surface area contributed by atoms with Crippen molar-refractivity contribution >= 4 is 17.9 Å². The highest BCUT2D eigenvalue weighted by Crippen LogP contribution is 2.13. The van der Waals surface area contributed by atoms with Gasteiger partial charge in [-0.15, -0.1) is 0 Å². The molecule has 1 unspecified atom stereocenters. The van der Waals surface area contributed by atoms with Crippen molar-refractivity contribution in [2.45, 2.75) is 232 Å². The molecule has 0 rings (SSSR count). The van der Waals surface area contributed by atoms with Crippen LogP contribution in [0.1, 0.15) is 226 Å². The fraction of sp³-hybridized carbons (Fsp3) is 0.667. The van der Waals surface area contributed by atoms with Crippen LogP contribution in [0.5, 0.6) is 0 Å².